The molecule has 0 saturated carbocycles. The highest BCUT2D eigenvalue weighted by Crippen LogP contribution is 2.27. The van der Waals surface area contributed by atoms with E-state index in [1.807, 2.05) is 19.0 Å². The minimum Gasteiger partial charge on any atom is -0.378 e. The normalized spacial score (nSPS) is 14.5. The number of rotatable bonds is 6. The van der Waals surface area contributed by atoms with Crippen molar-refractivity contribution in [3.63, 3.8) is 0 Å². The fourth-order valence-corrected chi connectivity index (χ4v) is 4.14. The molecule has 1 fully saturated rings. The second kappa shape index (κ2) is 8.28. The number of sulfonamides is 1. The highest BCUT2D eigenvalue weighted by molar-refractivity contribution is 7.92. The van der Waals surface area contributed by atoms with E-state index < -0.39 is 10.0 Å². The van der Waals surface area contributed by atoms with Gasteiger partial charge in [-0.1, -0.05) is 0 Å². The van der Waals surface area contributed by atoms with Gasteiger partial charge in [-0.3, -0.25) is 4.72 Å². The van der Waals surface area contributed by atoms with Crippen LogP contribution in [-0.2, 0) is 14.8 Å². The Morgan fingerprint density at radius 2 is 1.87 bits per heavy atom. The Balaban J connectivity index is 1.59. The van der Waals surface area contributed by atoms with Crippen LogP contribution < -0.4 is 14.5 Å². The van der Waals surface area contributed by atoms with Gasteiger partial charge in [0.15, 0.2) is 5.82 Å². The van der Waals surface area contributed by atoms with Crippen LogP contribution in [0.2, 0.25) is 0 Å². The highest BCUT2D eigenvalue weighted by Gasteiger charge is 2.21. The Bertz CT molecular complexity index is 1090. The zero-order chi connectivity index (χ0) is 21.1. The van der Waals surface area contributed by atoms with Gasteiger partial charge in [-0.25, -0.2) is 18.1 Å². The fraction of sp³-hybridized carbons (Fsp3) is 0.316. The van der Waals surface area contributed by atoms with Crippen molar-refractivity contribution in [2.24, 2.45) is 0 Å². The van der Waals surface area contributed by atoms with E-state index in [-0.39, 0.29) is 4.90 Å². The van der Waals surface area contributed by atoms with Crippen molar-refractivity contribution in [1.29, 1.82) is 0 Å². The average Bonchev–Trinajstić information content (AvgIpc) is 3.29. The van der Waals surface area contributed by atoms with Crippen molar-refractivity contribution in [1.82, 2.24) is 19.7 Å². The van der Waals surface area contributed by atoms with E-state index in [4.69, 9.17) is 4.74 Å². The van der Waals surface area contributed by atoms with Crippen LogP contribution in [0.4, 0.5) is 17.5 Å². The number of aromatic nitrogens is 4. The van der Waals surface area contributed by atoms with Crippen LogP contribution in [0.25, 0.3) is 5.69 Å². The van der Waals surface area contributed by atoms with E-state index in [1.165, 1.54) is 18.3 Å². The van der Waals surface area contributed by atoms with Gasteiger partial charge in [0.25, 0.3) is 10.0 Å². The van der Waals surface area contributed by atoms with Gasteiger partial charge in [0, 0.05) is 39.6 Å². The van der Waals surface area contributed by atoms with Crippen LogP contribution in [0.3, 0.4) is 0 Å². The molecule has 11 heteroatoms. The Hall–Kier alpha value is -3.18. The van der Waals surface area contributed by atoms with E-state index in [0.717, 1.165) is 5.69 Å². The summed E-state index contributed by atoms with van der Waals surface area (Å²) < 4.78 is 35.5. The first-order valence-corrected chi connectivity index (χ1v) is 10.9. The summed E-state index contributed by atoms with van der Waals surface area (Å²) in [6.45, 7) is 2.62. The van der Waals surface area contributed by atoms with E-state index in [9.17, 15) is 8.42 Å². The molecule has 0 radical (unpaired) electrons. The van der Waals surface area contributed by atoms with Crippen LogP contribution in [0.5, 0.6) is 0 Å². The van der Waals surface area contributed by atoms with Gasteiger partial charge in [-0.2, -0.15) is 10.1 Å². The Kier molecular flexibility index (Phi) is 5.55. The predicted octanol–water partition coefficient (Wildman–Crippen LogP) is 1.37. The molecule has 1 saturated heterocycles. The standard InChI is InChI=1S/C19H23N7O3S/c1-24(2)18-17(14-20-19(22-18)25-10-12-29-13-11-25)23-30(27,28)16-6-4-15(5-7-16)26-9-3-8-21-26/h3-9,14,23H,10-13H2,1-2H3. The summed E-state index contributed by atoms with van der Waals surface area (Å²) in [6.07, 6.45) is 4.96. The van der Waals surface area contributed by atoms with E-state index in [2.05, 4.69) is 19.8 Å². The number of nitrogens with one attached hydrogen (secondary N) is 1. The van der Waals surface area contributed by atoms with Crippen LogP contribution in [0.15, 0.2) is 53.8 Å². The van der Waals surface area contributed by atoms with Crippen LogP contribution in [0, 0.1) is 0 Å². The quantitative estimate of drug-likeness (QED) is 0.626. The average molecular weight is 430 g/mol. The summed E-state index contributed by atoms with van der Waals surface area (Å²) in [5.41, 5.74) is 1.08. The first-order chi connectivity index (χ1) is 14.4. The largest absolute Gasteiger partial charge is 0.378 e. The second-order valence-corrected chi connectivity index (χ2v) is 8.63. The second-order valence-electron chi connectivity index (χ2n) is 6.95. The number of ether oxygens (including phenoxy) is 1. The number of nitrogens with zero attached hydrogens (tertiary/aromatic N) is 6. The summed E-state index contributed by atoms with van der Waals surface area (Å²) in [4.78, 5) is 12.8. The predicted molar refractivity (Wildman–Crippen MR) is 114 cm³/mol. The van der Waals surface area contributed by atoms with E-state index in [0.29, 0.717) is 43.8 Å². The minimum absolute atomic E-state index is 0.139. The molecule has 0 aliphatic carbocycles. The van der Waals surface area contributed by atoms with Crippen LogP contribution in [0.1, 0.15) is 0 Å². The topological polar surface area (TPSA) is 105 Å². The third-order valence-electron chi connectivity index (χ3n) is 4.63. The molecule has 158 valence electrons. The summed E-state index contributed by atoms with van der Waals surface area (Å²) >= 11 is 0. The van der Waals surface area contributed by atoms with Gasteiger partial charge in [-0.05, 0) is 30.3 Å². The van der Waals surface area contributed by atoms with Crippen molar-refractivity contribution in [3.8, 4) is 5.69 Å². The van der Waals surface area contributed by atoms with Gasteiger partial charge in [0.1, 0.15) is 5.69 Å². The fourth-order valence-electron chi connectivity index (χ4n) is 3.10. The summed E-state index contributed by atoms with van der Waals surface area (Å²) in [5, 5.41) is 4.14. The van der Waals surface area contributed by atoms with Crippen LogP contribution >= 0.6 is 0 Å². The van der Waals surface area contributed by atoms with Crippen molar-refractivity contribution >= 4 is 27.5 Å². The number of morpholine rings is 1. The molecule has 3 aromatic rings. The van der Waals surface area contributed by atoms with E-state index >= 15 is 0 Å². The molecule has 0 unspecified atom stereocenters. The SMILES string of the molecule is CN(C)c1nc(N2CCOCC2)ncc1NS(=O)(=O)c1ccc(-n2cccn2)cc1. The first-order valence-electron chi connectivity index (χ1n) is 9.44. The van der Waals surface area contributed by atoms with Crippen molar-refractivity contribution in [2.75, 3.05) is 54.9 Å². The number of hydrogen-bond donors (Lipinski definition) is 1. The molecule has 0 atom stereocenters. The molecule has 0 spiro atoms. The monoisotopic (exact) mass is 429 g/mol. The molecule has 4 rings (SSSR count). The van der Waals surface area contributed by atoms with Gasteiger partial charge in [0.2, 0.25) is 5.95 Å². The molecule has 30 heavy (non-hydrogen) atoms. The first kappa shape index (κ1) is 20.1. The lowest BCUT2D eigenvalue weighted by Crippen LogP contribution is -2.37. The molecule has 0 amide bonds. The molecule has 1 aromatic carbocycles. The van der Waals surface area contributed by atoms with Gasteiger partial charge in [0.05, 0.1) is 30.0 Å². The molecule has 1 N–H and O–H groups in total. The molecular weight excluding hydrogens is 406 g/mol. The van der Waals surface area contributed by atoms with Crippen molar-refractivity contribution in [2.45, 2.75) is 4.90 Å². The maximum absolute atomic E-state index is 12.9. The van der Waals surface area contributed by atoms with Crippen molar-refractivity contribution < 1.29 is 13.2 Å². The number of benzene rings is 1. The number of anilines is 3. The lowest BCUT2D eigenvalue weighted by atomic mass is 10.3. The Labute approximate surface area is 175 Å². The number of hydrogen-bond acceptors (Lipinski definition) is 8. The summed E-state index contributed by atoms with van der Waals surface area (Å²) in [6, 6.07) is 8.28. The third-order valence-corrected chi connectivity index (χ3v) is 6.02. The van der Waals surface area contributed by atoms with Gasteiger partial charge >= 0.3 is 0 Å². The van der Waals surface area contributed by atoms with Crippen molar-refractivity contribution in [3.05, 3.63) is 48.9 Å². The molecule has 10 nitrogen and oxygen atoms in total. The third kappa shape index (κ3) is 4.21. The maximum atomic E-state index is 12.9. The summed E-state index contributed by atoms with van der Waals surface area (Å²) in [7, 11) is -0.197. The minimum atomic E-state index is -3.81. The highest BCUT2D eigenvalue weighted by atomic mass is 32.2. The molecule has 0 bridgehead atoms. The molecular formula is C19H23N7O3S. The maximum Gasteiger partial charge on any atom is 0.262 e. The summed E-state index contributed by atoms with van der Waals surface area (Å²) in [5.74, 6) is 1.04. The lowest BCUT2D eigenvalue weighted by molar-refractivity contribution is 0.122. The van der Waals surface area contributed by atoms with E-state index in [1.54, 1.807) is 40.2 Å². The van der Waals surface area contributed by atoms with Crippen LogP contribution in [-0.4, -0.2) is 68.6 Å². The molecule has 1 aliphatic heterocycles. The Morgan fingerprint density at radius 3 is 2.50 bits per heavy atom. The molecule has 1 aliphatic rings. The zero-order valence-corrected chi connectivity index (χ0v) is 17.6. The van der Waals surface area contributed by atoms with Gasteiger partial charge in [-0.15, -0.1) is 0 Å². The molecule has 2 aromatic heterocycles. The lowest BCUT2D eigenvalue weighted by Gasteiger charge is -2.28. The Morgan fingerprint density at radius 1 is 1.13 bits per heavy atom. The smallest absolute Gasteiger partial charge is 0.262 e. The molecule has 3 heterocycles. The van der Waals surface area contributed by atoms with Gasteiger partial charge < -0.3 is 14.5 Å². The zero-order valence-electron chi connectivity index (χ0n) is 16.8.